The van der Waals surface area contributed by atoms with Crippen molar-refractivity contribution in [1.29, 1.82) is 0 Å². The first-order chi connectivity index (χ1) is 6.74. The summed E-state index contributed by atoms with van der Waals surface area (Å²) < 4.78 is 2.10. The van der Waals surface area contributed by atoms with Crippen LogP contribution in [-0.4, -0.2) is 9.78 Å². The number of halogens is 1. The van der Waals surface area contributed by atoms with Crippen LogP contribution in [0.2, 0.25) is 0 Å². The zero-order valence-electron chi connectivity index (χ0n) is 8.89. The van der Waals surface area contributed by atoms with Crippen LogP contribution in [0.5, 0.6) is 0 Å². The normalized spacial score (nSPS) is 16.0. The molecule has 0 fully saturated rings. The fourth-order valence-corrected chi connectivity index (χ4v) is 2.49. The molecule has 1 aliphatic rings. The van der Waals surface area contributed by atoms with Crippen LogP contribution >= 0.6 is 11.6 Å². The molecule has 0 unspecified atom stereocenters. The molecule has 0 aliphatic heterocycles. The van der Waals surface area contributed by atoms with E-state index in [0.29, 0.717) is 11.9 Å². The van der Waals surface area contributed by atoms with Crippen LogP contribution in [0, 0.1) is 0 Å². The van der Waals surface area contributed by atoms with Gasteiger partial charge in [-0.25, -0.2) is 0 Å². The van der Waals surface area contributed by atoms with Crippen LogP contribution in [0.3, 0.4) is 0 Å². The molecular formula is C11H17ClN2. The summed E-state index contributed by atoms with van der Waals surface area (Å²) in [6.07, 6.45) is 4.88. The molecule has 0 amide bonds. The van der Waals surface area contributed by atoms with E-state index in [2.05, 4.69) is 23.6 Å². The molecule has 0 saturated carbocycles. The highest BCUT2D eigenvalue weighted by Gasteiger charge is 2.20. The highest BCUT2D eigenvalue weighted by atomic mass is 35.5. The van der Waals surface area contributed by atoms with E-state index in [4.69, 9.17) is 11.6 Å². The first kappa shape index (κ1) is 10.0. The number of nitrogens with zero attached hydrogens (tertiary/aromatic N) is 2. The molecule has 1 aromatic heterocycles. The number of hydrogen-bond acceptors (Lipinski definition) is 1. The van der Waals surface area contributed by atoms with Crippen molar-refractivity contribution in [2.24, 2.45) is 0 Å². The van der Waals surface area contributed by atoms with Gasteiger partial charge in [-0.2, -0.15) is 5.10 Å². The van der Waals surface area contributed by atoms with Crippen molar-refractivity contribution in [1.82, 2.24) is 9.78 Å². The number of rotatable bonds is 2. The number of hydrogen-bond donors (Lipinski definition) is 0. The number of alkyl halides is 1. The quantitative estimate of drug-likeness (QED) is 0.689. The van der Waals surface area contributed by atoms with Crippen molar-refractivity contribution in [2.75, 3.05) is 0 Å². The van der Waals surface area contributed by atoms with E-state index in [1.165, 1.54) is 36.2 Å². The van der Waals surface area contributed by atoms with Crippen LogP contribution in [0.25, 0.3) is 0 Å². The molecule has 78 valence electrons. The van der Waals surface area contributed by atoms with Gasteiger partial charge in [-0.05, 0) is 45.1 Å². The lowest BCUT2D eigenvalue weighted by Crippen LogP contribution is -2.07. The minimum atomic E-state index is 0.425. The van der Waals surface area contributed by atoms with Crippen LogP contribution in [0.1, 0.15) is 49.7 Å². The average molecular weight is 213 g/mol. The third-order valence-electron chi connectivity index (χ3n) is 2.91. The Labute approximate surface area is 90.3 Å². The first-order valence-electron chi connectivity index (χ1n) is 5.39. The van der Waals surface area contributed by atoms with Crippen molar-refractivity contribution in [2.45, 2.75) is 51.5 Å². The molecule has 2 nitrogen and oxygen atoms in total. The van der Waals surface area contributed by atoms with E-state index in [-0.39, 0.29) is 0 Å². The lowest BCUT2D eigenvalue weighted by atomic mass is 9.96. The van der Waals surface area contributed by atoms with Crippen molar-refractivity contribution in [3.63, 3.8) is 0 Å². The molecule has 0 N–H and O–H groups in total. The second-order valence-corrected chi connectivity index (χ2v) is 4.52. The van der Waals surface area contributed by atoms with Gasteiger partial charge in [-0.3, -0.25) is 4.68 Å². The molecular weight excluding hydrogens is 196 g/mol. The third-order valence-corrected chi connectivity index (χ3v) is 3.16. The van der Waals surface area contributed by atoms with Crippen molar-refractivity contribution in [3.8, 4) is 0 Å². The van der Waals surface area contributed by atoms with Crippen LogP contribution in [-0.2, 0) is 18.7 Å². The predicted octanol–water partition coefficient (Wildman–Crippen LogP) is 3.08. The van der Waals surface area contributed by atoms with Gasteiger partial charge in [-0.15, -0.1) is 11.6 Å². The van der Waals surface area contributed by atoms with E-state index in [0.717, 1.165) is 6.42 Å². The summed E-state index contributed by atoms with van der Waals surface area (Å²) >= 11 is 5.99. The fraction of sp³-hybridized carbons (Fsp3) is 0.727. The molecule has 1 aliphatic carbocycles. The van der Waals surface area contributed by atoms with E-state index < -0.39 is 0 Å². The van der Waals surface area contributed by atoms with Gasteiger partial charge in [0, 0.05) is 6.04 Å². The fourth-order valence-electron chi connectivity index (χ4n) is 2.21. The lowest BCUT2D eigenvalue weighted by molar-refractivity contribution is 0.511. The Bertz CT molecular complexity index is 328. The maximum Gasteiger partial charge on any atom is 0.0660 e. The van der Waals surface area contributed by atoms with E-state index in [1.54, 1.807) is 0 Å². The zero-order valence-corrected chi connectivity index (χ0v) is 9.64. The minimum Gasteiger partial charge on any atom is -0.265 e. The summed E-state index contributed by atoms with van der Waals surface area (Å²) in [4.78, 5) is 0. The summed E-state index contributed by atoms with van der Waals surface area (Å²) in [6, 6.07) is 0.425. The van der Waals surface area contributed by atoms with Gasteiger partial charge in [0.25, 0.3) is 0 Å². The van der Waals surface area contributed by atoms with Gasteiger partial charge in [0.2, 0.25) is 0 Å². The highest BCUT2D eigenvalue weighted by molar-refractivity contribution is 6.17. The van der Waals surface area contributed by atoms with Crippen LogP contribution in [0.4, 0.5) is 0 Å². The standard InChI is InChI=1S/C11H17ClN2/c1-8(2)14-11(7-12)9-5-3-4-6-10(9)13-14/h8H,3-7H2,1-2H3. The Morgan fingerprint density at radius 3 is 2.71 bits per heavy atom. The van der Waals surface area contributed by atoms with Crippen LogP contribution < -0.4 is 0 Å². The predicted molar refractivity (Wildman–Crippen MR) is 58.8 cm³/mol. The van der Waals surface area contributed by atoms with Gasteiger partial charge in [0.15, 0.2) is 0 Å². The highest BCUT2D eigenvalue weighted by Crippen LogP contribution is 2.26. The Kier molecular flexibility index (Phi) is 2.82. The average Bonchev–Trinajstić information content (AvgIpc) is 2.56. The summed E-state index contributed by atoms with van der Waals surface area (Å²) in [6.45, 7) is 4.32. The van der Waals surface area contributed by atoms with Gasteiger partial charge in [0.05, 0.1) is 17.3 Å². The molecule has 2 rings (SSSR count). The monoisotopic (exact) mass is 212 g/mol. The molecule has 0 bridgehead atoms. The lowest BCUT2D eigenvalue weighted by Gasteiger charge is -2.11. The largest absolute Gasteiger partial charge is 0.265 e. The minimum absolute atomic E-state index is 0.425. The summed E-state index contributed by atoms with van der Waals surface area (Å²) in [5.74, 6) is 0.598. The SMILES string of the molecule is CC(C)n1nc2c(c1CCl)CCCC2. The van der Waals surface area contributed by atoms with Crippen molar-refractivity contribution in [3.05, 3.63) is 17.0 Å². The molecule has 0 atom stereocenters. The maximum absolute atomic E-state index is 5.99. The third kappa shape index (κ3) is 1.56. The smallest absolute Gasteiger partial charge is 0.0660 e. The summed E-state index contributed by atoms with van der Waals surface area (Å²) in [5.41, 5.74) is 3.97. The second kappa shape index (κ2) is 3.93. The Balaban J connectivity index is 2.46. The Hall–Kier alpha value is -0.500. The van der Waals surface area contributed by atoms with Gasteiger partial charge >= 0.3 is 0 Å². The molecule has 0 saturated heterocycles. The van der Waals surface area contributed by atoms with Crippen LogP contribution in [0.15, 0.2) is 0 Å². The van der Waals surface area contributed by atoms with E-state index in [9.17, 15) is 0 Å². The molecule has 1 aromatic rings. The zero-order chi connectivity index (χ0) is 10.1. The van der Waals surface area contributed by atoms with Crippen molar-refractivity contribution >= 4 is 11.6 Å². The molecule has 3 heteroatoms. The molecule has 1 heterocycles. The summed E-state index contributed by atoms with van der Waals surface area (Å²) in [5, 5.41) is 4.65. The number of fused-ring (bicyclic) bond motifs is 1. The van der Waals surface area contributed by atoms with E-state index >= 15 is 0 Å². The molecule has 0 aromatic carbocycles. The van der Waals surface area contributed by atoms with E-state index in [1.807, 2.05) is 0 Å². The molecule has 0 radical (unpaired) electrons. The number of aromatic nitrogens is 2. The summed E-state index contributed by atoms with van der Waals surface area (Å²) in [7, 11) is 0. The number of aryl methyl sites for hydroxylation is 1. The maximum atomic E-state index is 5.99. The molecule has 0 spiro atoms. The van der Waals surface area contributed by atoms with Gasteiger partial charge < -0.3 is 0 Å². The first-order valence-corrected chi connectivity index (χ1v) is 5.92. The topological polar surface area (TPSA) is 17.8 Å². The van der Waals surface area contributed by atoms with Gasteiger partial charge in [0.1, 0.15) is 0 Å². The van der Waals surface area contributed by atoms with Crippen molar-refractivity contribution < 1.29 is 0 Å². The molecule has 14 heavy (non-hydrogen) atoms. The Morgan fingerprint density at radius 2 is 2.07 bits per heavy atom. The Morgan fingerprint density at radius 1 is 1.36 bits per heavy atom. The second-order valence-electron chi connectivity index (χ2n) is 4.25. The van der Waals surface area contributed by atoms with Gasteiger partial charge in [-0.1, -0.05) is 0 Å².